The number of nitrogens with two attached hydrogens (primary N) is 1. The summed E-state index contributed by atoms with van der Waals surface area (Å²) in [6.07, 6.45) is 0.593. The lowest BCUT2D eigenvalue weighted by Gasteiger charge is -2.47. The Bertz CT molecular complexity index is 740. The first-order valence-electron chi connectivity index (χ1n) is 7.62. The van der Waals surface area contributed by atoms with Gasteiger partial charge in [0.2, 0.25) is 17.0 Å². The Morgan fingerprint density at radius 3 is 2.79 bits per heavy atom. The monoisotopic (exact) mass is 347 g/mol. The third-order valence-corrected chi connectivity index (χ3v) is 5.03. The van der Waals surface area contributed by atoms with Crippen molar-refractivity contribution < 1.29 is 9.53 Å². The summed E-state index contributed by atoms with van der Waals surface area (Å²) in [5.41, 5.74) is 6.17. The maximum absolute atomic E-state index is 12.1. The van der Waals surface area contributed by atoms with E-state index in [-0.39, 0.29) is 5.91 Å². The van der Waals surface area contributed by atoms with Crippen molar-refractivity contribution in [2.24, 2.45) is 11.1 Å². The standard InChI is InChI=1S/C16H21N5O2S/c1-20(2)14-18-15(24-19-14)21-9-16(10-21,13(17)22)8-11-5-4-6-12(7-11)23-3/h4-7H,8-10H2,1-3H3,(H2,17,22). The number of ether oxygens (including phenoxy) is 1. The van der Waals surface area contributed by atoms with Gasteiger partial charge in [-0.25, -0.2) is 0 Å². The van der Waals surface area contributed by atoms with E-state index in [0.29, 0.717) is 25.5 Å². The van der Waals surface area contributed by atoms with E-state index >= 15 is 0 Å². The molecule has 0 radical (unpaired) electrons. The quantitative estimate of drug-likeness (QED) is 0.844. The van der Waals surface area contributed by atoms with Gasteiger partial charge in [0.05, 0.1) is 12.5 Å². The Labute approximate surface area is 145 Å². The fourth-order valence-electron chi connectivity index (χ4n) is 2.87. The molecule has 7 nitrogen and oxygen atoms in total. The third-order valence-electron chi connectivity index (χ3n) is 4.26. The van der Waals surface area contributed by atoms with Crippen molar-refractivity contribution in [3.8, 4) is 5.75 Å². The van der Waals surface area contributed by atoms with E-state index < -0.39 is 5.41 Å². The van der Waals surface area contributed by atoms with E-state index in [4.69, 9.17) is 10.5 Å². The summed E-state index contributed by atoms with van der Waals surface area (Å²) < 4.78 is 9.55. The van der Waals surface area contributed by atoms with Gasteiger partial charge >= 0.3 is 0 Å². The van der Waals surface area contributed by atoms with Gasteiger partial charge in [-0.1, -0.05) is 12.1 Å². The van der Waals surface area contributed by atoms with Crippen LogP contribution in [0, 0.1) is 5.41 Å². The summed E-state index contributed by atoms with van der Waals surface area (Å²) in [6, 6.07) is 7.75. The van der Waals surface area contributed by atoms with Crippen LogP contribution in [-0.2, 0) is 11.2 Å². The van der Waals surface area contributed by atoms with Crippen LogP contribution in [-0.4, -0.2) is 49.6 Å². The Kier molecular flexibility index (Phi) is 4.31. The number of aromatic nitrogens is 2. The fraction of sp³-hybridized carbons (Fsp3) is 0.438. The number of hydrogen-bond donors (Lipinski definition) is 1. The summed E-state index contributed by atoms with van der Waals surface area (Å²) in [5, 5.41) is 0.821. The second-order valence-corrected chi connectivity index (χ2v) is 7.03. The SMILES string of the molecule is COc1cccc(CC2(C(N)=O)CN(c3nc(N(C)C)ns3)C2)c1. The van der Waals surface area contributed by atoms with Gasteiger partial charge in [-0.15, -0.1) is 0 Å². The minimum Gasteiger partial charge on any atom is -0.497 e. The van der Waals surface area contributed by atoms with Gasteiger partial charge in [0.15, 0.2) is 0 Å². The molecule has 1 aliphatic heterocycles. The summed E-state index contributed by atoms with van der Waals surface area (Å²) in [7, 11) is 5.43. The van der Waals surface area contributed by atoms with E-state index in [9.17, 15) is 4.79 Å². The first kappa shape index (κ1) is 16.5. The van der Waals surface area contributed by atoms with Crippen LogP contribution in [0.4, 0.5) is 11.1 Å². The van der Waals surface area contributed by atoms with Crippen LogP contribution in [0.3, 0.4) is 0 Å². The molecule has 1 fully saturated rings. The summed E-state index contributed by atoms with van der Waals surface area (Å²) >= 11 is 1.34. The maximum Gasteiger partial charge on any atom is 0.238 e. The van der Waals surface area contributed by atoms with Crippen LogP contribution in [0.25, 0.3) is 0 Å². The number of nitrogens with zero attached hydrogens (tertiary/aromatic N) is 4. The molecule has 24 heavy (non-hydrogen) atoms. The van der Waals surface area contributed by atoms with Gasteiger partial charge in [-0.05, 0) is 24.1 Å². The molecule has 1 saturated heterocycles. The van der Waals surface area contributed by atoms with Gasteiger partial charge in [0.1, 0.15) is 5.75 Å². The van der Waals surface area contributed by atoms with Crippen molar-refractivity contribution in [1.82, 2.24) is 9.36 Å². The van der Waals surface area contributed by atoms with Crippen molar-refractivity contribution in [1.29, 1.82) is 0 Å². The van der Waals surface area contributed by atoms with Crippen LogP contribution < -0.4 is 20.3 Å². The lowest BCUT2D eigenvalue weighted by Crippen LogP contribution is -2.63. The zero-order chi connectivity index (χ0) is 17.3. The number of carbonyl (C=O) groups excluding carboxylic acids is 1. The van der Waals surface area contributed by atoms with Crippen LogP contribution >= 0.6 is 11.5 Å². The molecule has 2 N–H and O–H groups in total. The Hall–Kier alpha value is -2.35. The highest BCUT2D eigenvalue weighted by Crippen LogP contribution is 2.38. The molecule has 1 aromatic heterocycles. The van der Waals surface area contributed by atoms with Crippen LogP contribution in [0.2, 0.25) is 0 Å². The van der Waals surface area contributed by atoms with Crippen molar-refractivity contribution in [3.63, 3.8) is 0 Å². The average Bonchev–Trinajstić information content (AvgIpc) is 3.00. The number of carbonyl (C=O) groups is 1. The summed E-state index contributed by atoms with van der Waals surface area (Å²) in [6.45, 7) is 1.11. The predicted molar refractivity (Wildman–Crippen MR) is 94.8 cm³/mol. The van der Waals surface area contributed by atoms with Crippen molar-refractivity contribution in [2.45, 2.75) is 6.42 Å². The molecule has 0 spiro atoms. The molecule has 1 amide bonds. The number of methoxy groups -OCH3 is 1. The summed E-state index contributed by atoms with van der Waals surface area (Å²) in [4.78, 5) is 20.5. The number of anilines is 2. The van der Waals surface area contributed by atoms with Crippen LogP contribution in [0.1, 0.15) is 5.56 Å². The third kappa shape index (κ3) is 3.01. The fourth-order valence-corrected chi connectivity index (χ4v) is 3.60. The van der Waals surface area contributed by atoms with Crippen molar-refractivity contribution >= 4 is 28.5 Å². The summed E-state index contributed by atoms with van der Waals surface area (Å²) in [5.74, 6) is 1.18. The van der Waals surface area contributed by atoms with Gasteiger partial charge in [-0.2, -0.15) is 9.36 Å². The zero-order valence-electron chi connectivity index (χ0n) is 14.0. The maximum atomic E-state index is 12.1. The van der Waals surface area contributed by atoms with Gasteiger partial charge in [0, 0.05) is 38.7 Å². The zero-order valence-corrected chi connectivity index (χ0v) is 14.8. The minimum absolute atomic E-state index is 0.279. The molecule has 3 rings (SSSR count). The molecular weight excluding hydrogens is 326 g/mol. The predicted octanol–water partition coefficient (Wildman–Crippen LogP) is 1.15. The second-order valence-electron chi connectivity index (χ2n) is 6.30. The molecule has 128 valence electrons. The first-order chi connectivity index (χ1) is 11.4. The lowest BCUT2D eigenvalue weighted by molar-refractivity contribution is -0.129. The molecule has 0 unspecified atom stereocenters. The van der Waals surface area contributed by atoms with E-state index in [0.717, 1.165) is 16.4 Å². The van der Waals surface area contributed by atoms with E-state index in [1.54, 1.807) is 7.11 Å². The minimum atomic E-state index is -0.573. The average molecular weight is 347 g/mol. The number of primary amides is 1. The Morgan fingerprint density at radius 1 is 1.46 bits per heavy atom. The van der Waals surface area contributed by atoms with Crippen molar-refractivity contribution in [2.75, 3.05) is 44.1 Å². The topological polar surface area (TPSA) is 84.6 Å². The van der Waals surface area contributed by atoms with Crippen LogP contribution in [0.5, 0.6) is 5.75 Å². The highest BCUT2D eigenvalue weighted by molar-refractivity contribution is 7.10. The second kappa shape index (κ2) is 6.27. The molecule has 0 atom stereocenters. The Morgan fingerprint density at radius 2 is 2.21 bits per heavy atom. The lowest BCUT2D eigenvalue weighted by atomic mass is 9.74. The number of benzene rings is 1. The first-order valence-corrected chi connectivity index (χ1v) is 8.40. The van der Waals surface area contributed by atoms with Gasteiger partial charge in [0.25, 0.3) is 0 Å². The normalized spacial score (nSPS) is 15.7. The Balaban J connectivity index is 1.73. The van der Waals surface area contributed by atoms with E-state index in [1.165, 1.54) is 11.5 Å². The van der Waals surface area contributed by atoms with Crippen LogP contribution in [0.15, 0.2) is 24.3 Å². The number of rotatable bonds is 6. The molecule has 1 aromatic carbocycles. The van der Waals surface area contributed by atoms with E-state index in [1.807, 2.05) is 43.3 Å². The highest BCUT2D eigenvalue weighted by Gasteiger charge is 2.49. The molecule has 2 heterocycles. The smallest absolute Gasteiger partial charge is 0.238 e. The molecule has 8 heteroatoms. The molecule has 0 bridgehead atoms. The van der Waals surface area contributed by atoms with Crippen molar-refractivity contribution in [3.05, 3.63) is 29.8 Å². The largest absolute Gasteiger partial charge is 0.497 e. The molecule has 1 aliphatic rings. The molecule has 2 aromatic rings. The van der Waals surface area contributed by atoms with E-state index in [2.05, 4.69) is 14.3 Å². The molecule has 0 aliphatic carbocycles. The molecular formula is C16H21N5O2S. The number of amides is 1. The van der Waals surface area contributed by atoms with Gasteiger partial charge < -0.3 is 20.3 Å². The molecule has 0 saturated carbocycles. The number of hydrogen-bond acceptors (Lipinski definition) is 7. The highest BCUT2D eigenvalue weighted by atomic mass is 32.1. The van der Waals surface area contributed by atoms with Gasteiger partial charge in [-0.3, -0.25) is 4.79 Å².